The van der Waals surface area contributed by atoms with E-state index in [9.17, 15) is 4.79 Å². The standard InChI is InChI=1S/C18H24N4O2/c1-2-15-10-17(21-20-15)19-18(23)11-16-13-22(8-9-24-16)12-14-6-4-3-5-7-14/h3-7,10,16H,2,8-9,11-13H2,1H3,(H2,19,20,21,23)/t16-/m1/s1. The lowest BCUT2D eigenvalue weighted by Crippen LogP contribution is -2.43. The molecule has 1 amide bonds. The molecule has 0 bridgehead atoms. The molecule has 6 heteroatoms. The summed E-state index contributed by atoms with van der Waals surface area (Å²) in [4.78, 5) is 14.5. The summed E-state index contributed by atoms with van der Waals surface area (Å²) in [6.07, 6.45) is 1.13. The van der Waals surface area contributed by atoms with Crippen molar-refractivity contribution in [2.45, 2.75) is 32.4 Å². The van der Waals surface area contributed by atoms with Gasteiger partial charge in [-0.3, -0.25) is 14.8 Å². The van der Waals surface area contributed by atoms with Crippen molar-refractivity contribution in [3.8, 4) is 0 Å². The van der Waals surface area contributed by atoms with E-state index in [2.05, 4.69) is 44.7 Å². The molecule has 1 aromatic carbocycles. The molecule has 1 saturated heterocycles. The minimum atomic E-state index is -0.0768. The Morgan fingerprint density at radius 1 is 1.42 bits per heavy atom. The third-order valence-electron chi connectivity index (χ3n) is 4.16. The molecule has 1 aliphatic rings. The largest absolute Gasteiger partial charge is 0.375 e. The Hall–Kier alpha value is -2.18. The zero-order chi connectivity index (χ0) is 16.8. The molecule has 3 rings (SSSR count). The highest BCUT2D eigenvalue weighted by atomic mass is 16.5. The minimum Gasteiger partial charge on any atom is -0.375 e. The molecule has 2 N–H and O–H groups in total. The van der Waals surface area contributed by atoms with Gasteiger partial charge in [0.2, 0.25) is 5.91 Å². The van der Waals surface area contributed by atoms with E-state index < -0.39 is 0 Å². The fourth-order valence-electron chi connectivity index (χ4n) is 2.90. The lowest BCUT2D eigenvalue weighted by atomic mass is 10.1. The van der Waals surface area contributed by atoms with E-state index in [0.29, 0.717) is 18.8 Å². The van der Waals surface area contributed by atoms with Gasteiger partial charge in [0.15, 0.2) is 5.82 Å². The Morgan fingerprint density at radius 2 is 2.25 bits per heavy atom. The second kappa shape index (κ2) is 8.08. The first-order valence-corrected chi connectivity index (χ1v) is 8.45. The van der Waals surface area contributed by atoms with Gasteiger partial charge in [-0.15, -0.1) is 0 Å². The van der Waals surface area contributed by atoms with Crippen molar-refractivity contribution in [3.05, 3.63) is 47.7 Å². The van der Waals surface area contributed by atoms with Crippen molar-refractivity contribution < 1.29 is 9.53 Å². The summed E-state index contributed by atoms with van der Waals surface area (Å²) in [5.74, 6) is 0.518. The van der Waals surface area contributed by atoms with Gasteiger partial charge in [-0.05, 0) is 12.0 Å². The zero-order valence-electron chi connectivity index (χ0n) is 14.0. The van der Waals surface area contributed by atoms with Crippen LogP contribution in [0.1, 0.15) is 24.6 Å². The Morgan fingerprint density at radius 3 is 3.00 bits per heavy atom. The summed E-state index contributed by atoms with van der Waals surface area (Å²) >= 11 is 0. The molecule has 6 nitrogen and oxygen atoms in total. The molecule has 128 valence electrons. The van der Waals surface area contributed by atoms with Crippen LogP contribution in [0.3, 0.4) is 0 Å². The molecule has 2 aromatic rings. The number of hydrogen-bond acceptors (Lipinski definition) is 4. The second-order valence-electron chi connectivity index (χ2n) is 6.10. The van der Waals surface area contributed by atoms with Crippen LogP contribution in [0.15, 0.2) is 36.4 Å². The van der Waals surface area contributed by atoms with Gasteiger partial charge in [-0.1, -0.05) is 37.3 Å². The van der Waals surface area contributed by atoms with Crippen LogP contribution in [0.25, 0.3) is 0 Å². The van der Waals surface area contributed by atoms with E-state index in [0.717, 1.165) is 31.7 Å². The average Bonchev–Trinajstić information content (AvgIpc) is 3.03. The first-order chi connectivity index (χ1) is 11.7. The molecule has 1 aliphatic heterocycles. The van der Waals surface area contributed by atoms with E-state index >= 15 is 0 Å². The summed E-state index contributed by atoms with van der Waals surface area (Å²) in [7, 11) is 0. The number of aromatic amines is 1. The van der Waals surface area contributed by atoms with E-state index in [1.165, 1.54) is 5.56 Å². The molecule has 0 saturated carbocycles. The molecule has 0 unspecified atom stereocenters. The lowest BCUT2D eigenvalue weighted by molar-refractivity contribution is -0.121. The minimum absolute atomic E-state index is 0.0595. The number of carbonyl (C=O) groups excluding carboxylic acids is 1. The van der Waals surface area contributed by atoms with Gasteiger partial charge in [0, 0.05) is 31.4 Å². The van der Waals surface area contributed by atoms with Crippen LogP contribution in [0, 0.1) is 0 Å². The molecule has 24 heavy (non-hydrogen) atoms. The number of aryl methyl sites for hydroxylation is 1. The number of hydrogen-bond donors (Lipinski definition) is 2. The number of nitrogens with one attached hydrogen (secondary N) is 2. The molecule has 1 atom stereocenters. The monoisotopic (exact) mass is 328 g/mol. The number of amides is 1. The topological polar surface area (TPSA) is 70.2 Å². The van der Waals surface area contributed by atoms with Gasteiger partial charge >= 0.3 is 0 Å². The number of carbonyl (C=O) groups is 1. The maximum absolute atomic E-state index is 12.2. The van der Waals surface area contributed by atoms with Crippen LogP contribution < -0.4 is 5.32 Å². The predicted molar refractivity (Wildman–Crippen MR) is 92.7 cm³/mol. The third kappa shape index (κ3) is 4.66. The number of morpholine rings is 1. The van der Waals surface area contributed by atoms with Crippen LogP contribution in [0.5, 0.6) is 0 Å². The second-order valence-corrected chi connectivity index (χ2v) is 6.10. The molecule has 0 radical (unpaired) electrons. The lowest BCUT2D eigenvalue weighted by Gasteiger charge is -2.32. The van der Waals surface area contributed by atoms with Crippen molar-refractivity contribution in [1.82, 2.24) is 15.1 Å². The van der Waals surface area contributed by atoms with Crippen molar-refractivity contribution in [2.24, 2.45) is 0 Å². The quantitative estimate of drug-likeness (QED) is 0.853. The number of ether oxygens (including phenoxy) is 1. The highest BCUT2D eigenvalue weighted by Gasteiger charge is 2.23. The van der Waals surface area contributed by atoms with Crippen molar-refractivity contribution in [2.75, 3.05) is 25.0 Å². The van der Waals surface area contributed by atoms with Gasteiger partial charge in [-0.25, -0.2) is 0 Å². The smallest absolute Gasteiger partial charge is 0.228 e. The summed E-state index contributed by atoms with van der Waals surface area (Å²) in [6, 6.07) is 12.2. The molecule has 1 aromatic heterocycles. The number of rotatable bonds is 6. The van der Waals surface area contributed by atoms with Crippen LogP contribution in [0.4, 0.5) is 5.82 Å². The van der Waals surface area contributed by atoms with Crippen molar-refractivity contribution in [3.63, 3.8) is 0 Å². The molecule has 0 spiro atoms. The van der Waals surface area contributed by atoms with E-state index in [1.54, 1.807) is 0 Å². The van der Waals surface area contributed by atoms with Crippen molar-refractivity contribution in [1.29, 1.82) is 0 Å². The summed E-state index contributed by atoms with van der Waals surface area (Å²) < 4.78 is 5.75. The highest BCUT2D eigenvalue weighted by molar-refractivity contribution is 5.90. The van der Waals surface area contributed by atoms with Crippen molar-refractivity contribution >= 4 is 11.7 Å². The van der Waals surface area contributed by atoms with Crippen LogP contribution in [-0.4, -0.2) is 46.8 Å². The number of anilines is 1. The summed E-state index contributed by atoms with van der Waals surface area (Å²) in [5.41, 5.74) is 2.29. The van der Waals surface area contributed by atoms with Gasteiger partial charge in [0.05, 0.1) is 19.1 Å². The normalized spacial score (nSPS) is 18.5. The molecule has 1 fully saturated rings. The highest BCUT2D eigenvalue weighted by Crippen LogP contribution is 2.14. The van der Waals surface area contributed by atoms with E-state index in [4.69, 9.17) is 4.74 Å². The number of nitrogens with zero attached hydrogens (tertiary/aromatic N) is 2. The van der Waals surface area contributed by atoms with Crippen LogP contribution in [-0.2, 0) is 22.5 Å². The molecule has 2 heterocycles. The fraction of sp³-hybridized carbons (Fsp3) is 0.444. The van der Waals surface area contributed by atoms with Gasteiger partial charge in [0.25, 0.3) is 0 Å². The number of benzene rings is 1. The Balaban J connectivity index is 1.48. The molecular formula is C18H24N4O2. The summed E-state index contributed by atoms with van der Waals surface area (Å²) in [6.45, 7) is 5.25. The third-order valence-corrected chi connectivity index (χ3v) is 4.16. The van der Waals surface area contributed by atoms with Gasteiger partial charge in [-0.2, -0.15) is 5.10 Å². The fourth-order valence-corrected chi connectivity index (χ4v) is 2.90. The summed E-state index contributed by atoms with van der Waals surface area (Å²) in [5, 5.41) is 9.81. The van der Waals surface area contributed by atoms with E-state index in [1.807, 2.05) is 19.1 Å². The van der Waals surface area contributed by atoms with Crippen LogP contribution >= 0.6 is 0 Å². The Kier molecular flexibility index (Phi) is 5.61. The zero-order valence-corrected chi connectivity index (χ0v) is 14.0. The molecule has 0 aliphatic carbocycles. The number of aromatic nitrogens is 2. The maximum atomic E-state index is 12.2. The molecular weight excluding hydrogens is 304 g/mol. The Labute approximate surface area is 142 Å². The first-order valence-electron chi connectivity index (χ1n) is 8.45. The maximum Gasteiger partial charge on any atom is 0.228 e. The van der Waals surface area contributed by atoms with Gasteiger partial charge < -0.3 is 10.1 Å². The van der Waals surface area contributed by atoms with E-state index in [-0.39, 0.29) is 12.0 Å². The first kappa shape index (κ1) is 16.7. The average molecular weight is 328 g/mol. The number of H-pyrrole nitrogens is 1. The SMILES string of the molecule is CCc1cc(NC(=O)C[C@@H]2CN(Cc3ccccc3)CCO2)n[nH]1. The van der Waals surface area contributed by atoms with Crippen LogP contribution in [0.2, 0.25) is 0 Å². The Bertz CT molecular complexity index is 656. The predicted octanol–water partition coefficient (Wildman–Crippen LogP) is 2.20. The van der Waals surface area contributed by atoms with Gasteiger partial charge in [0.1, 0.15) is 0 Å².